The Morgan fingerprint density at radius 1 is 0.316 bits per heavy atom. The lowest BCUT2D eigenvalue weighted by Crippen LogP contribution is -2.42. The number of nitrogens with two attached hydrogens (primary N) is 4. The summed E-state index contributed by atoms with van der Waals surface area (Å²) in [5.41, 5.74) is 21.9. The maximum atomic E-state index is 12.9. The van der Waals surface area contributed by atoms with Crippen LogP contribution < -0.4 is 60.2 Å². The summed E-state index contributed by atoms with van der Waals surface area (Å²) in [5.74, 6) is -1.06. The summed E-state index contributed by atoms with van der Waals surface area (Å²) in [7, 11) is 0. The third-order valence-electron chi connectivity index (χ3n) is 8.52. The lowest BCUT2D eigenvalue weighted by atomic mass is 10.2. The monoisotopic (exact) mass is 815 g/mol. The third-order valence-corrected chi connectivity index (χ3v) is 8.52. The van der Waals surface area contributed by atoms with Gasteiger partial charge in [0.05, 0.1) is 0 Å². The van der Waals surface area contributed by atoms with Crippen molar-refractivity contribution in [3.63, 3.8) is 0 Å². The maximum absolute atomic E-state index is 12.9. The Morgan fingerprint density at radius 2 is 0.509 bits per heavy atom. The zero-order valence-electron chi connectivity index (χ0n) is 34.3. The molecule has 0 unspecified atom stereocenters. The summed E-state index contributed by atoms with van der Waals surface area (Å²) in [5, 5.41) is 19.6. The van der Waals surface area contributed by atoms with Crippen molar-refractivity contribution in [1.29, 1.82) is 0 Å². The van der Waals surface area contributed by atoms with Gasteiger partial charge in [0.15, 0.2) is 0 Å². The molecule has 0 saturated carbocycles. The van der Waals surface area contributed by atoms with E-state index in [1.807, 2.05) is 21.6 Å². The van der Waals surface area contributed by atoms with Crippen LogP contribution in [0.25, 0.3) is 0 Å². The van der Waals surface area contributed by atoms with E-state index in [9.17, 15) is 33.6 Å². The molecule has 0 aliphatic rings. The Kier molecular flexibility index (Phi) is 33.8. The molecule has 21 nitrogen and oxygen atoms in total. The highest BCUT2D eigenvalue weighted by molar-refractivity contribution is 5.78. The first-order valence-electron chi connectivity index (χ1n) is 20.3. The third kappa shape index (κ3) is 32.8. The fourth-order valence-corrected chi connectivity index (χ4v) is 5.32. The van der Waals surface area contributed by atoms with Crippen LogP contribution in [0.2, 0.25) is 0 Å². The van der Waals surface area contributed by atoms with Crippen LogP contribution in [-0.4, -0.2) is 187 Å². The molecule has 7 amide bonds. The lowest BCUT2D eigenvalue weighted by Gasteiger charge is -2.24. The normalized spacial score (nSPS) is 11.0. The molecule has 0 atom stereocenters. The Labute approximate surface area is 338 Å². The molecule has 0 aromatic carbocycles. The van der Waals surface area contributed by atoms with E-state index in [0.717, 1.165) is 6.42 Å². The molecule has 0 heterocycles. The molecule has 0 saturated heterocycles. The van der Waals surface area contributed by atoms with Crippen molar-refractivity contribution in [2.45, 2.75) is 58.3 Å². The number of amides is 7. The summed E-state index contributed by atoms with van der Waals surface area (Å²) in [6.45, 7) is 9.29. The van der Waals surface area contributed by atoms with Gasteiger partial charge in [-0.25, -0.2) is 0 Å². The maximum Gasteiger partial charge on any atom is 0.221 e. The largest absolute Gasteiger partial charge is 0.355 e. The van der Waals surface area contributed by atoms with E-state index in [0.29, 0.717) is 137 Å². The van der Waals surface area contributed by atoms with Crippen LogP contribution in [0.15, 0.2) is 0 Å². The van der Waals surface area contributed by atoms with E-state index >= 15 is 0 Å². The van der Waals surface area contributed by atoms with Gasteiger partial charge in [-0.15, -0.1) is 0 Å². The SMILES string of the molecule is CCCC(=O)NCCN(CCC(=O)NCCN(CCC(=O)NCCN)CCC(=O)NCCN)CCC(=O)NCCN(CCC(=O)NCCN)CCC(=O)NCCN. The van der Waals surface area contributed by atoms with E-state index in [1.165, 1.54) is 0 Å². The Hall–Kier alpha value is -3.99. The van der Waals surface area contributed by atoms with Crippen molar-refractivity contribution >= 4 is 41.4 Å². The summed E-state index contributed by atoms with van der Waals surface area (Å²) in [4.78, 5) is 92.2. The highest BCUT2D eigenvalue weighted by Crippen LogP contribution is 1.99. The van der Waals surface area contributed by atoms with Crippen molar-refractivity contribution in [2.24, 2.45) is 22.9 Å². The minimum Gasteiger partial charge on any atom is -0.355 e. The van der Waals surface area contributed by atoms with Gasteiger partial charge < -0.3 is 74.9 Å². The molecule has 0 aliphatic carbocycles. The van der Waals surface area contributed by atoms with Crippen molar-refractivity contribution in [1.82, 2.24) is 51.9 Å². The van der Waals surface area contributed by atoms with Crippen LogP contribution in [0.5, 0.6) is 0 Å². The number of nitrogens with one attached hydrogen (secondary N) is 7. The molecule has 0 spiro atoms. The van der Waals surface area contributed by atoms with Crippen molar-refractivity contribution in [3.05, 3.63) is 0 Å². The van der Waals surface area contributed by atoms with Crippen molar-refractivity contribution in [3.8, 4) is 0 Å². The van der Waals surface area contributed by atoms with Gasteiger partial charge in [0.25, 0.3) is 0 Å². The molecule has 57 heavy (non-hydrogen) atoms. The predicted octanol–water partition coefficient (Wildman–Crippen LogP) is -5.32. The van der Waals surface area contributed by atoms with E-state index in [4.69, 9.17) is 22.9 Å². The quantitative estimate of drug-likeness (QED) is 0.0279. The number of carbonyl (C=O) groups excluding carboxylic acids is 7. The van der Waals surface area contributed by atoms with Gasteiger partial charge in [0, 0.05) is 176 Å². The van der Waals surface area contributed by atoms with Crippen molar-refractivity contribution < 1.29 is 33.6 Å². The summed E-state index contributed by atoms with van der Waals surface area (Å²) in [6, 6.07) is 0. The molecule has 0 fully saturated rings. The molecular weight excluding hydrogens is 740 g/mol. The molecule has 0 aliphatic heterocycles. The van der Waals surface area contributed by atoms with Gasteiger partial charge in [0.1, 0.15) is 0 Å². The number of rotatable bonds is 37. The minimum atomic E-state index is -0.200. The van der Waals surface area contributed by atoms with Crippen LogP contribution in [-0.2, 0) is 33.6 Å². The lowest BCUT2D eigenvalue weighted by molar-refractivity contribution is -0.123. The van der Waals surface area contributed by atoms with E-state index in [-0.39, 0.29) is 79.9 Å². The second-order valence-electron chi connectivity index (χ2n) is 13.4. The highest BCUT2D eigenvalue weighted by Gasteiger charge is 2.15. The predicted molar refractivity (Wildman–Crippen MR) is 219 cm³/mol. The number of nitrogens with zero attached hydrogens (tertiary/aromatic N) is 3. The number of carbonyl (C=O) groups is 7. The summed E-state index contributed by atoms with van der Waals surface area (Å²) in [6.07, 6.45) is 2.31. The van der Waals surface area contributed by atoms with Crippen LogP contribution >= 0.6 is 0 Å². The fourth-order valence-electron chi connectivity index (χ4n) is 5.32. The van der Waals surface area contributed by atoms with Gasteiger partial charge in [-0.05, 0) is 6.42 Å². The first kappa shape index (κ1) is 53.0. The molecule has 21 heteroatoms. The van der Waals surface area contributed by atoms with Crippen molar-refractivity contribution in [2.75, 3.05) is 131 Å². The molecule has 15 N–H and O–H groups in total. The molecule has 330 valence electrons. The average Bonchev–Trinajstić information content (AvgIpc) is 3.19. The highest BCUT2D eigenvalue weighted by atomic mass is 16.2. The standard InChI is InChI=1S/C36H74N14O7/c1-2-3-30(51)45-18-27-50(25-8-35(56)46-19-28-48(21-4-31(52)41-14-10-37)22-5-32(53)42-15-11-38)26-9-36(57)47-20-29-49(23-6-33(54)43-16-12-39)24-7-34(55)44-17-13-40/h2-29,37-40H2,1H3,(H,41,52)(H,42,53)(H,43,54)(H,44,55)(H,45,51)(H,46,56)(H,47,57). The fraction of sp³-hybridized carbons (Fsp3) is 0.806. The first-order chi connectivity index (χ1) is 27.5. The number of hydrogen-bond donors (Lipinski definition) is 11. The smallest absolute Gasteiger partial charge is 0.221 e. The molecule has 0 bridgehead atoms. The topological polar surface area (TPSA) is 317 Å². The molecule has 0 aromatic heterocycles. The van der Waals surface area contributed by atoms with Crippen LogP contribution in [0.3, 0.4) is 0 Å². The average molecular weight is 815 g/mol. The Balaban J connectivity index is 5.13. The number of hydrogen-bond acceptors (Lipinski definition) is 14. The summed E-state index contributed by atoms with van der Waals surface area (Å²) < 4.78 is 0. The second kappa shape index (κ2) is 36.4. The van der Waals surface area contributed by atoms with Gasteiger partial charge in [-0.2, -0.15) is 0 Å². The minimum absolute atomic E-state index is 0.0653. The zero-order valence-corrected chi connectivity index (χ0v) is 34.3. The van der Waals surface area contributed by atoms with Gasteiger partial charge >= 0.3 is 0 Å². The summed E-state index contributed by atoms with van der Waals surface area (Å²) >= 11 is 0. The first-order valence-corrected chi connectivity index (χ1v) is 20.3. The molecule has 0 rings (SSSR count). The van der Waals surface area contributed by atoms with Gasteiger partial charge in [-0.3, -0.25) is 33.6 Å². The second-order valence-corrected chi connectivity index (χ2v) is 13.4. The van der Waals surface area contributed by atoms with Gasteiger partial charge in [0.2, 0.25) is 41.4 Å². The van der Waals surface area contributed by atoms with Crippen LogP contribution in [0, 0.1) is 0 Å². The van der Waals surface area contributed by atoms with E-state index < -0.39 is 0 Å². The van der Waals surface area contributed by atoms with Gasteiger partial charge in [-0.1, -0.05) is 6.92 Å². The van der Waals surface area contributed by atoms with Crippen LogP contribution in [0.1, 0.15) is 58.3 Å². The van der Waals surface area contributed by atoms with E-state index in [1.54, 1.807) is 0 Å². The Bertz CT molecular complexity index is 1030. The molecular formula is C36H74N14O7. The molecule has 0 radical (unpaired) electrons. The molecule has 0 aromatic rings. The Morgan fingerprint density at radius 3 is 0.702 bits per heavy atom. The zero-order chi connectivity index (χ0) is 42.5. The van der Waals surface area contributed by atoms with Crippen LogP contribution in [0.4, 0.5) is 0 Å². The van der Waals surface area contributed by atoms with E-state index in [2.05, 4.69) is 37.2 Å².